The van der Waals surface area contributed by atoms with E-state index in [2.05, 4.69) is 13.8 Å². The normalized spacial score (nSPS) is 12.2. The van der Waals surface area contributed by atoms with Crippen LogP contribution in [0.15, 0.2) is 42.5 Å². The van der Waals surface area contributed by atoms with Gasteiger partial charge in [0.25, 0.3) is 0 Å². The minimum atomic E-state index is -0.135. The molecule has 0 fully saturated rings. The Balaban J connectivity index is 2.35. The van der Waals surface area contributed by atoms with Crippen LogP contribution < -0.4 is 5.73 Å². The zero-order chi connectivity index (χ0) is 14.7. The van der Waals surface area contributed by atoms with E-state index in [-0.39, 0.29) is 5.78 Å². The van der Waals surface area contributed by atoms with Crippen molar-refractivity contribution >= 4 is 23.1 Å². The molecule has 0 heterocycles. The van der Waals surface area contributed by atoms with E-state index >= 15 is 0 Å². The molecule has 20 heavy (non-hydrogen) atoms. The Morgan fingerprint density at radius 3 is 2.40 bits per heavy atom. The number of anilines is 1. The van der Waals surface area contributed by atoms with Crippen LogP contribution in [-0.2, 0) is 0 Å². The van der Waals surface area contributed by atoms with Crippen LogP contribution in [0, 0.1) is 0 Å². The summed E-state index contributed by atoms with van der Waals surface area (Å²) in [6, 6.07) is 12.8. The average Bonchev–Trinajstić information content (AvgIpc) is 2.46. The molecule has 0 amide bonds. The van der Waals surface area contributed by atoms with Crippen molar-refractivity contribution in [3.8, 4) is 0 Å². The van der Waals surface area contributed by atoms with Crippen molar-refractivity contribution in [1.82, 2.24) is 0 Å². The molecule has 2 rings (SSSR count). The SMILES string of the molecule is CCC(C)c1ccc(C(=O)c2c(N)cccc2Cl)cc1. The quantitative estimate of drug-likeness (QED) is 0.656. The lowest BCUT2D eigenvalue weighted by atomic mass is 9.95. The third-order valence-corrected chi connectivity index (χ3v) is 3.94. The zero-order valence-corrected chi connectivity index (χ0v) is 12.4. The van der Waals surface area contributed by atoms with E-state index in [9.17, 15) is 4.79 Å². The first kappa shape index (κ1) is 14.6. The zero-order valence-electron chi connectivity index (χ0n) is 11.7. The largest absolute Gasteiger partial charge is 0.398 e. The van der Waals surface area contributed by atoms with Gasteiger partial charge < -0.3 is 5.73 Å². The number of nitrogens with two attached hydrogens (primary N) is 1. The summed E-state index contributed by atoms with van der Waals surface area (Å²) < 4.78 is 0. The average molecular weight is 288 g/mol. The van der Waals surface area contributed by atoms with Gasteiger partial charge in [-0.1, -0.05) is 55.8 Å². The van der Waals surface area contributed by atoms with E-state index in [1.165, 1.54) is 5.56 Å². The number of benzene rings is 2. The number of hydrogen-bond acceptors (Lipinski definition) is 2. The van der Waals surface area contributed by atoms with Crippen LogP contribution in [0.1, 0.15) is 47.7 Å². The molecule has 2 aromatic rings. The van der Waals surface area contributed by atoms with Crippen molar-refractivity contribution in [2.24, 2.45) is 0 Å². The van der Waals surface area contributed by atoms with E-state index in [1.54, 1.807) is 18.2 Å². The van der Waals surface area contributed by atoms with Gasteiger partial charge >= 0.3 is 0 Å². The second-order valence-corrected chi connectivity index (χ2v) is 5.37. The van der Waals surface area contributed by atoms with Crippen molar-refractivity contribution in [2.75, 3.05) is 5.73 Å². The maximum absolute atomic E-state index is 12.5. The highest BCUT2D eigenvalue weighted by Gasteiger charge is 2.16. The molecule has 0 bridgehead atoms. The summed E-state index contributed by atoms with van der Waals surface area (Å²) in [4.78, 5) is 12.5. The topological polar surface area (TPSA) is 43.1 Å². The predicted molar refractivity (Wildman–Crippen MR) is 84.4 cm³/mol. The number of carbonyl (C=O) groups excluding carboxylic acids is 1. The predicted octanol–water partition coefficient (Wildman–Crippen LogP) is 4.67. The molecule has 0 radical (unpaired) electrons. The summed E-state index contributed by atoms with van der Waals surface area (Å²) in [5.74, 6) is 0.355. The van der Waals surface area contributed by atoms with Gasteiger partial charge in [0.15, 0.2) is 5.78 Å². The van der Waals surface area contributed by atoms with Gasteiger partial charge in [-0.15, -0.1) is 0 Å². The summed E-state index contributed by atoms with van der Waals surface area (Å²) in [5.41, 5.74) is 8.49. The lowest BCUT2D eigenvalue weighted by Crippen LogP contribution is -2.06. The Bertz CT molecular complexity index is 599. The van der Waals surface area contributed by atoms with E-state index in [4.69, 9.17) is 17.3 Å². The van der Waals surface area contributed by atoms with Gasteiger partial charge in [-0.3, -0.25) is 4.79 Å². The Kier molecular flexibility index (Phi) is 4.46. The van der Waals surface area contributed by atoms with Crippen molar-refractivity contribution < 1.29 is 4.79 Å². The number of carbonyl (C=O) groups is 1. The molecule has 1 unspecified atom stereocenters. The fraction of sp³-hybridized carbons (Fsp3) is 0.235. The molecule has 2 N–H and O–H groups in total. The molecule has 3 heteroatoms. The smallest absolute Gasteiger partial charge is 0.196 e. The van der Waals surface area contributed by atoms with E-state index in [0.717, 1.165) is 6.42 Å². The van der Waals surface area contributed by atoms with E-state index < -0.39 is 0 Å². The van der Waals surface area contributed by atoms with Crippen LogP contribution >= 0.6 is 11.6 Å². The highest BCUT2D eigenvalue weighted by atomic mass is 35.5. The van der Waals surface area contributed by atoms with E-state index in [1.807, 2.05) is 24.3 Å². The van der Waals surface area contributed by atoms with Crippen LogP contribution in [0.2, 0.25) is 5.02 Å². The molecule has 0 aromatic heterocycles. The number of rotatable bonds is 4. The molecular weight excluding hydrogens is 270 g/mol. The molecular formula is C17H18ClNO. The third-order valence-electron chi connectivity index (χ3n) is 3.63. The summed E-state index contributed by atoms with van der Waals surface area (Å²) in [5, 5.41) is 0.390. The van der Waals surface area contributed by atoms with Crippen molar-refractivity contribution in [1.29, 1.82) is 0 Å². The van der Waals surface area contributed by atoms with Gasteiger partial charge in [0.05, 0.1) is 10.6 Å². The Morgan fingerprint density at radius 2 is 1.85 bits per heavy atom. The van der Waals surface area contributed by atoms with Gasteiger partial charge in [0.2, 0.25) is 0 Å². The summed E-state index contributed by atoms with van der Waals surface area (Å²) in [6.07, 6.45) is 1.07. The van der Waals surface area contributed by atoms with Crippen LogP contribution in [0.5, 0.6) is 0 Å². The monoisotopic (exact) mass is 287 g/mol. The Morgan fingerprint density at radius 1 is 1.20 bits per heavy atom. The van der Waals surface area contributed by atoms with Crippen LogP contribution in [0.25, 0.3) is 0 Å². The molecule has 0 aliphatic rings. The number of halogens is 1. The lowest BCUT2D eigenvalue weighted by Gasteiger charge is -2.10. The van der Waals surface area contributed by atoms with Crippen LogP contribution in [0.3, 0.4) is 0 Å². The second kappa shape index (κ2) is 6.10. The fourth-order valence-corrected chi connectivity index (χ4v) is 2.39. The summed E-state index contributed by atoms with van der Waals surface area (Å²) in [6.45, 7) is 4.32. The summed E-state index contributed by atoms with van der Waals surface area (Å²) >= 11 is 6.08. The van der Waals surface area contributed by atoms with Crippen LogP contribution in [-0.4, -0.2) is 5.78 Å². The minimum Gasteiger partial charge on any atom is -0.398 e. The molecule has 0 saturated heterocycles. The Labute approximate surface area is 124 Å². The first-order valence-electron chi connectivity index (χ1n) is 6.73. The maximum atomic E-state index is 12.5. The minimum absolute atomic E-state index is 0.135. The van der Waals surface area contributed by atoms with Gasteiger partial charge in [0, 0.05) is 11.3 Å². The molecule has 2 aromatic carbocycles. The van der Waals surface area contributed by atoms with Crippen molar-refractivity contribution in [3.05, 3.63) is 64.2 Å². The van der Waals surface area contributed by atoms with Gasteiger partial charge in [-0.05, 0) is 30.0 Å². The second-order valence-electron chi connectivity index (χ2n) is 4.96. The van der Waals surface area contributed by atoms with Crippen LogP contribution in [0.4, 0.5) is 5.69 Å². The molecule has 0 aliphatic heterocycles. The molecule has 2 nitrogen and oxygen atoms in total. The van der Waals surface area contributed by atoms with Crippen molar-refractivity contribution in [2.45, 2.75) is 26.2 Å². The number of ketones is 1. The molecule has 0 aliphatic carbocycles. The van der Waals surface area contributed by atoms with Gasteiger partial charge in [-0.2, -0.15) is 0 Å². The molecule has 0 saturated carbocycles. The fourth-order valence-electron chi connectivity index (χ4n) is 2.12. The highest BCUT2D eigenvalue weighted by Crippen LogP contribution is 2.26. The van der Waals surface area contributed by atoms with E-state index in [0.29, 0.717) is 27.8 Å². The molecule has 0 spiro atoms. The number of nitrogen functional groups attached to an aromatic ring is 1. The van der Waals surface area contributed by atoms with Crippen molar-refractivity contribution in [3.63, 3.8) is 0 Å². The standard InChI is InChI=1S/C17H18ClNO/c1-3-11(2)12-7-9-13(10-8-12)17(20)16-14(18)5-4-6-15(16)19/h4-11H,3,19H2,1-2H3. The van der Waals surface area contributed by atoms with Gasteiger partial charge in [-0.25, -0.2) is 0 Å². The summed E-state index contributed by atoms with van der Waals surface area (Å²) in [7, 11) is 0. The Hall–Kier alpha value is -1.80. The lowest BCUT2D eigenvalue weighted by molar-refractivity contribution is 0.103. The highest BCUT2D eigenvalue weighted by molar-refractivity contribution is 6.35. The first-order valence-corrected chi connectivity index (χ1v) is 7.11. The maximum Gasteiger partial charge on any atom is 0.196 e. The first-order chi connectivity index (χ1) is 9.54. The molecule has 1 atom stereocenters. The molecule has 104 valence electrons. The number of hydrogen-bond donors (Lipinski definition) is 1. The third kappa shape index (κ3) is 2.86. The van der Waals surface area contributed by atoms with Gasteiger partial charge in [0.1, 0.15) is 0 Å².